The molecule has 1 aromatic heterocycles. The summed E-state index contributed by atoms with van der Waals surface area (Å²) < 4.78 is 87.1. The first-order chi connectivity index (χ1) is 18.8. The molecule has 0 saturated carbocycles. The molecule has 1 saturated heterocycles. The number of hydrogen-bond donors (Lipinski definition) is 0. The van der Waals surface area contributed by atoms with Crippen LogP contribution in [0.2, 0.25) is 0 Å². The van der Waals surface area contributed by atoms with Gasteiger partial charge in [0.05, 0.1) is 30.2 Å². The van der Waals surface area contributed by atoms with E-state index in [0.29, 0.717) is 18.6 Å². The van der Waals surface area contributed by atoms with E-state index in [0.717, 1.165) is 5.56 Å². The van der Waals surface area contributed by atoms with Crippen LogP contribution in [-0.2, 0) is 35.0 Å². The number of nitrogens with zero attached hydrogens (tertiary/aromatic N) is 3. The van der Waals surface area contributed by atoms with Crippen LogP contribution in [0.3, 0.4) is 0 Å². The molecule has 1 aliphatic heterocycles. The minimum atomic E-state index is -4.95. The number of piperidine rings is 1. The highest BCUT2D eigenvalue weighted by Gasteiger charge is 2.38. The first-order valence-electron chi connectivity index (χ1n) is 12.6. The molecular weight excluding hydrogens is 540 g/mol. The SMILES string of the molecule is CCC(=O)c1cn(CC(=O)N2CC[C@@H](OCc3cc(C(F)(F)F)cc(C(F)(F)F)c3)[C@@H](c3ccccc3)C2)cn1. The van der Waals surface area contributed by atoms with E-state index in [1.807, 2.05) is 12.1 Å². The lowest BCUT2D eigenvalue weighted by molar-refractivity contribution is -0.143. The monoisotopic (exact) mass is 567 g/mol. The second-order valence-electron chi connectivity index (χ2n) is 9.62. The Labute approximate surface area is 226 Å². The van der Waals surface area contributed by atoms with Gasteiger partial charge in [0.25, 0.3) is 0 Å². The summed E-state index contributed by atoms with van der Waals surface area (Å²) >= 11 is 0. The number of aromatic nitrogens is 2. The first kappa shape index (κ1) is 29.3. The van der Waals surface area contributed by atoms with Crippen molar-refractivity contribution in [2.24, 2.45) is 0 Å². The predicted octanol–water partition coefficient (Wildman–Crippen LogP) is 6.11. The minimum absolute atomic E-state index is 0.0402. The van der Waals surface area contributed by atoms with Gasteiger partial charge in [-0.1, -0.05) is 37.3 Å². The number of benzene rings is 2. The van der Waals surface area contributed by atoms with E-state index in [1.54, 1.807) is 30.0 Å². The van der Waals surface area contributed by atoms with Crippen molar-refractivity contribution in [3.05, 3.63) is 89.0 Å². The Bertz CT molecular complexity index is 1300. The second-order valence-corrected chi connectivity index (χ2v) is 9.62. The standard InChI is InChI=1S/C28H27F6N3O3/c1-2-24(38)23-14-36(17-35-23)15-26(39)37-9-8-25(22(13-37)19-6-4-3-5-7-19)40-16-18-10-20(27(29,30)31)12-21(11-18)28(32,33)34/h3-7,10-12,14,17,22,25H,2,8-9,13,15-16H2,1H3/t22-,25-/m1/s1. The molecule has 1 fully saturated rings. The quantitative estimate of drug-likeness (QED) is 0.243. The number of carbonyl (C=O) groups excluding carboxylic acids is 2. The molecule has 6 nitrogen and oxygen atoms in total. The number of ether oxygens (including phenoxy) is 1. The van der Waals surface area contributed by atoms with Gasteiger partial charge in [0.1, 0.15) is 12.2 Å². The van der Waals surface area contributed by atoms with E-state index in [-0.39, 0.29) is 61.0 Å². The summed E-state index contributed by atoms with van der Waals surface area (Å²) in [7, 11) is 0. The Morgan fingerprint density at radius 3 is 2.25 bits per heavy atom. The summed E-state index contributed by atoms with van der Waals surface area (Å²) in [6.45, 7) is 1.72. The van der Waals surface area contributed by atoms with Gasteiger partial charge in [-0.15, -0.1) is 0 Å². The molecule has 4 rings (SSSR count). The molecule has 12 heteroatoms. The summed E-state index contributed by atoms with van der Waals surface area (Å²) in [5.74, 6) is -0.733. The van der Waals surface area contributed by atoms with Crippen molar-refractivity contribution in [1.82, 2.24) is 14.5 Å². The molecule has 2 aromatic carbocycles. The molecule has 0 spiro atoms. The Morgan fingerprint density at radius 2 is 1.65 bits per heavy atom. The van der Waals surface area contributed by atoms with Gasteiger partial charge >= 0.3 is 12.4 Å². The van der Waals surface area contributed by atoms with Crippen LogP contribution in [0.25, 0.3) is 0 Å². The van der Waals surface area contributed by atoms with Crippen LogP contribution >= 0.6 is 0 Å². The number of amides is 1. The maximum atomic E-state index is 13.3. The number of hydrogen-bond acceptors (Lipinski definition) is 4. The first-order valence-corrected chi connectivity index (χ1v) is 12.6. The van der Waals surface area contributed by atoms with Crippen LogP contribution in [0.4, 0.5) is 26.3 Å². The molecule has 0 radical (unpaired) electrons. The van der Waals surface area contributed by atoms with Gasteiger partial charge in [-0.3, -0.25) is 9.59 Å². The van der Waals surface area contributed by atoms with E-state index >= 15 is 0 Å². The lowest BCUT2D eigenvalue weighted by Crippen LogP contribution is -2.46. The zero-order valence-electron chi connectivity index (χ0n) is 21.5. The van der Waals surface area contributed by atoms with Crippen molar-refractivity contribution in [3.63, 3.8) is 0 Å². The van der Waals surface area contributed by atoms with Crippen LogP contribution in [0.15, 0.2) is 61.1 Å². The highest BCUT2D eigenvalue weighted by molar-refractivity contribution is 5.93. The largest absolute Gasteiger partial charge is 0.416 e. The lowest BCUT2D eigenvalue weighted by Gasteiger charge is -2.39. The Hall–Kier alpha value is -3.67. The third-order valence-electron chi connectivity index (χ3n) is 6.80. The van der Waals surface area contributed by atoms with Gasteiger partial charge in [-0.2, -0.15) is 26.3 Å². The summed E-state index contributed by atoms with van der Waals surface area (Å²) in [4.78, 5) is 30.6. The van der Waals surface area contributed by atoms with E-state index < -0.39 is 36.2 Å². The number of Topliss-reactive ketones (excluding diaryl/α,β-unsaturated/α-hetero) is 1. The fourth-order valence-corrected chi connectivity index (χ4v) is 4.71. The average Bonchev–Trinajstić information content (AvgIpc) is 3.39. The van der Waals surface area contributed by atoms with Crippen LogP contribution < -0.4 is 0 Å². The van der Waals surface area contributed by atoms with Gasteiger partial charge < -0.3 is 14.2 Å². The number of halogens is 6. The van der Waals surface area contributed by atoms with Crippen LogP contribution in [0.5, 0.6) is 0 Å². The zero-order chi connectivity index (χ0) is 29.1. The van der Waals surface area contributed by atoms with Crippen molar-refractivity contribution < 1.29 is 40.7 Å². The van der Waals surface area contributed by atoms with E-state index in [1.165, 1.54) is 17.1 Å². The number of ketones is 1. The molecular formula is C28H27F6N3O3. The molecule has 2 atom stereocenters. The van der Waals surface area contributed by atoms with Gasteiger partial charge in [-0.25, -0.2) is 4.98 Å². The number of rotatable bonds is 8. The van der Waals surface area contributed by atoms with Gasteiger partial charge in [0.15, 0.2) is 5.78 Å². The predicted molar refractivity (Wildman–Crippen MR) is 132 cm³/mol. The molecule has 1 amide bonds. The molecule has 0 aliphatic carbocycles. The van der Waals surface area contributed by atoms with Crippen molar-refractivity contribution in [1.29, 1.82) is 0 Å². The number of alkyl halides is 6. The normalized spacial score (nSPS) is 18.1. The second kappa shape index (κ2) is 11.8. The molecule has 1 aliphatic rings. The molecule has 40 heavy (non-hydrogen) atoms. The number of imidazole rings is 1. The fourth-order valence-electron chi connectivity index (χ4n) is 4.71. The molecule has 214 valence electrons. The summed E-state index contributed by atoms with van der Waals surface area (Å²) in [5.41, 5.74) is -1.95. The minimum Gasteiger partial charge on any atom is -0.373 e. The van der Waals surface area contributed by atoms with E-state index in [4.69, 9.17) is 4.74 Å². The van der Waals surface area contributed by atoms with Crippen LogP contribution in [-0.4, -0.2) is 45.3 Å². The maximum Gasteiger partial charge on any atom is 0.416 e. The summed E-state index contributed by atoms with van der Waals surface area (Å²) in [6, 6.07) is 10.5. The third kappa shape index (κ3) is 7.09. The zero-order valence-corrected chi connectivity index (χ0v) is 21.5. The summed E-state index contributed by atoms with van der Waals surface area (Å²) in [5, 5.41) is 0. The Kier molecular flexibility index (Phi) is 8.67. The molecule has 2 heterocycles. The molecule has 0 unspecified atom stereocenters. The molecule has 0 N–H and O–H groups in total. The topological polar surface area (TPSA) is 64.4 Å². The molecule has 3 aromatic rings. The highest BCUT2D eigenvalue weighted by atomic mass is 19.4. The van der Waals surface area contributed by atoms with Gasteiger partial charge in [0, 0.05) is 31.6 Å². The fraction of sp³-hybridized carbons (Fsp3) is 0.393. The third-order valence-corrected chi connectivity index (χ3v) is 6.80. The number of carbonyl (C=O) groups is 2. The summed E-state index contributed by atoms with van der Waals surface area (Å²) in [6.07, 6.45) is -6.93. The molecule has 0 bridgehead atoms. The van der Waals surface area contributed by atoms with Crippen LogP contribution in [0.1, 0.15) is 58.4 Å². The van der Waals surface area contributed by atoms with E-state index in [9.17, 15) is 35.9 Å². The maximum absolute atomic E-state index is 13.3. The van der Waals surface area contributed by atoms with E-state index in [2.05, 4.69) is 4.98 Å². The van der Waals surface area contributed by atoms with Crippen molar-refractivity contribution in [2.75, 3.05) is 13.1 Å². The van der Waals surface area contributed by atoms with Crippen molar-refractivity contribution in [3.8, 4) is 0 Å². The van der Waals surface area contributed by atoms with Crippen molar-refractivity contribution in [2.45, 2.75) is 57.3 Å². The Balaban J connectivity index is 1.50. The lowest BCUT2D eigenvalue weighted by atomic mass is 9.87. The Morgan fingerprint density at radius 1 is 1.00 bits per heavy atom. The average molecular weight is 568 g/mol. The van der Waals surface area contributed by atoms with Gasteiger partial charge in [-0.05, 0) is 35.7 Å². The van der Waals surface area contributed by atoms with Gasteiger partial charge in [0.2, 0.25) is 5.91 Å². The smallest absolute Gasteiger partial charge is 0.373 e. The number of likely N-dealkylation sites (tertiary alicyclic amines) is 1. The van der Waals surface area contributed by atoms with Crippen LogP contribution in [0, 0.1) is 0 Å². The highest BCUT2D eigenvalue weighted by Crippen LogP contribution is 2.37. The van der Waals surface area contributed by atoms with Crippen molar-refractivity contribution >= 4 is 11.7 Å².